The van der Waals surface area contributed by atoms with Crippen LogP contribution >= 0.6 is 9.24 Å². The predicted octanol–water partition coefficient (Wildman–Crippen LogP) is 4.50. The van der Waals surface area contributed by atoms with Gasteiger partial charge in [-0.15, -0.1) is 9.24 Å². The van der Waals surface area contributed by atoms with Crippen LogP contribution in [0.4, 0.5) is 0 Å². The molecule has 0 radical (unpaired) electrons. The Morgan fingerprint density at radius 1 is 1.17 bits per heavy atom. The van der Waals surface area contributed by atoms with Crippen molar-refractivity contribution in [3.8, 4) is 0 Å². The highest BCUT2D eigenvalue weighted by Crippen LogP contribution is 2.30. The quantitative estimate of drug-likeness (QED) is 0.401. The maximum absolute atomic E-state index is 12.0. The van der Waals surface area contributed by atoms with Gasteiger partial charge in [-0.05, 0) is 30.8 Å². The third-order valence-electron chi connectivity index (χ3n) is 3.36. The predicted molar refractivity (Wildman–Crippen MR) is 82.0 cm³/mol. The number of hydrogen-bond donors (Lipinski definition) is 1. The summed E-state index contributed by atoms with van der Waals surface area (Å²) in [5, 5.41) is 10.2. The van der Waals surface area contributed by atoms with Gasteiger partial charge < -0.3 is 5.11 Å². The van der Waals surface area contributed by atoms with Crippen LogP contribution in [0.1, 0.15) is 60.3 Å². The van der Waals surface area contributed by atoms with Crippen LogP contribution in [0.25, 0.3) is 0 Å². The summed E-state index contributed by atoms with van der Waals surface area (Å²) in [4.78, 5) is 12.0. The Labute approximate surface area is 114 Å². The van der Waals surface area contributed by atoms with Crippen molar-refractivity contribution in [3.05, 3.63) is 11.8 Å². The zero-order chi connectivity index (χ0) is 14.3. The number of aliphatic hydroxyl groups excluding tert-OH is 1. The first-order chi connectivity index (χ1) is 8.25. The first-order valence-electron chi connectivity index (χ1n) is 6.98. The average Bonchev–Trinajstić information content (AvgIpc) is 2.26. The monoisotopic (exact) mass is 272 g/mol. The first-order valence-corrected chi connectivity index (χ1v) is 7.56. The van der Waals surface area contributed by atoms with E-state index in [9.17, 15) is 9.90 Å². The number of hydrogen-bond acceptors (Lipinski definition) is 2. The third kappa shape index (κ3) is 6.54. The van der Waals surface area contributed by atoms with Crippen LogP contribution in [0, 0.1) is 11.8 Å². The van der Waals surface area contributed by atoms with E-state index in [1.54, 1.807) is 0 Å². The van der Waals surface area contributed by atoms with Crippen molar-refractivity contribution in [2.75, 3.05) is 0 Å². The number of carbonyl (C=O) groups is 1. The van der Waals surface area contributed by atoms with E-state index >= 15 is 0 Å². The maximum atomic E-state index is 12.0. The van der Waals surface area contributed by atoms with Gasteiger partial charge in [0.15, 0.2) is 5.78 Å². The van der Waals surface area contributed by atoms with Gasteiger partial charge in [-0.1, -0.05) is 34.6 Å². The fraction of sp³-hybridized carbons (Fsp3) is 0.800. The molecule has 0 aromatic heterocycles. The second-order valence-electron chi connectivity index (χ2n) is 5.78. The van der Waals surface area contributed by atoms with Gasteiger partial charge in [0.25, 0.3) is 0 Å². The van der Waals surface area contributed by atoms with Gasteiger partial charge >= 0.3 is 0 Å². The van der Waals surface area contributed by atoms with Crippen molar-refractivity contribution >= 4 is 15.0 Å². The molecule has 2 nitrogen and oxygen atoms in total. The number of carbonyl (C=O) groups excluding carboxylic acids is 1. The summed E-state index contributed by atoms with van der Waals surface area (Å²) in [5.41, 5.74) is 0. The van der Waals surface area contributed by atoms with Gasteiger partial charge in [-0.2, -0.15) is 0 Å². The summed E-state index contributed by atoms with van der Waals surface area (Å²) in [5.74, 6) is 0.451. The SMILES string of the molecule is CCC(CC)C(=O)/C=C(\O)C(CC)CC(C)(C)P. The molecule has 0 amide bonds. The fourth-order valence-electron chi connectivity index (χ4n) is 2.17. The average molecular weight is 272 g/mol. The Bertz CT molecular complexity index is 285. The molecule has 0 saturated heterocycles. The molecular weight excluding hydrogens is 243 g/mol. The minimum Gasteiger partial charge on any atom is -0.512 e. The number of ketones is 1. The molecule has 18 heavy (non-hydrogen) atoms. The molecule has 2 unspecified atom stereocenters. The molecule has 2 atom stereocenters. The van der Waals surface area contributed by atoms with E-state index in [4.69, 9.17) is 0 Å². The second kappa shape index (κ2) is 7.94. The van der Waals surface area contributed by atoms with Crippen LogP contribution in [0.15, 0.2) is 11.8 Å². The van der Waals surface area contributed by atoms with Crippen LogP contribution in [0.3, 0.4) is 0 Å². The zero-order valence-corrected chi connectivity index (χ0v) is 13.6. The highest BCUT2D eigenvalue weighted by Gasteiger charge is 2.22. The van der Waals surface area contributed by atoms with Crippen LogP contribution in [0.2, 0.25) is 0 Å². The molecule has 0 bridgehead atoms. The van der Waals surface area contributed by atoms with E-state index in [0.29, 0.717) is 0 Å². The van der Waals surface area contributed by atoms with Gasteiger partial charge in [-0.3, -0.25) is 4.79 Å². The summed E-state index contributed by atoms with van der Waals surface area (Å²) in [6, 6.07) is 0. The standard InChI is InChI=1S/C15H29O2P/c1-6-11(7-2)13(16)9-14(17)12(8-3)10-15(4,5)18/h9,11-12,17H,6-8,10,18H2,1-5H3/b14-9-. The lowest BCUT2D eigenvalue weighted by atomic mass is 9.90. The summed E-state index contributed by atoms with van der Waals surface area (Å²) in [7, 11) is 2.79. The number of allylic oxidation sites excluding steroid dienone is 2. The molecule has 0 rings (SSSR count). The molecule has 1 N–H and O–H groups in total. The van der Waals surface area contributed by atoms with E-state index in [1.807, 2.05) is 20.8 Å². The van der Waals surface area contributed by atoms with Crippen LogP contribution in [-0.2, 0) is 4.79 Å². The van der Waals surface area contributed by atoms with Crippen molar-refractivity contribution < 1.29 is 9.90 Å². The molecular formula is C15H29O2P. The lowest BCUT2D eigenvalue weighted by Gasteiger charge is -2.24. The van der Waals surface area contributed by atoms with Gasteiger partial charge in [0.05, 0.1) is 5.76 Å². The molecule has 0 spiro atoms. The molecule has 3 heteroatoms. The van der Waals surface area contributed by atoms with Crippen LogP contribution in [0.5, 0.6) is 0 Å². The molecule has 0 aromatic carbocycles. The Morgan fingerprint density at radius 2 is 1.61 bits per heavy atom. The largest absolute Gasteiger partial charge is 0.512 e. The minimum atomic E-state index is 0.0497. The topological polar surface area (TPSA) is 37.3 Å². The van der Waals surface area contributed by atoms with Crippen molar-refractivity contribution in [1.82, 2.24) is 0 Å². The summed E-state index contributed by atoms with van der Waals surface area (Å²) >= 11 is 0. The van der Waals surface area contributed by atoms with E-state index in [0.717, 1.165) is 25.7 Å². The maximum Gasteiger partial charge on any atom is 0.162 e. The normalized spacial score (nSPS) is 14.9. The summed E-state index contributed by atoms with van der Waals surface area (Å²) in [6.07, 6.45) is 4.86. The summed E-state index contributed by atoms with van der Waals surface area (Å²) in [6.45, 7) is 10.3. The number of aliphatic hydroxyl groups is 1. The lowest BCUT2D eigenvalue weighted by molar-refractivity contribution is -0.118. The van der Waals surface area contributed by atoms with Gasteiger partial charge in [-0.25, -0.2) is 0 Å². The van der Waals surface area contributed by atoms with E-state index in [-0.39, 0.29) is 28.5 Å². The Balaban J connectivity index is 4.77. The van der Waals surface area contributed by atoms with Crippen molar-refractivity contribution in [3.63, 3.8) is 0 Å². The highest BCUT2D eigenvalue weighted by atomic mass is 31.0. The lowest BCUT2D eigenvalue weighted by Crippen LogP contribution is -2.19. The fourth-order valence-corrected chi connectivity index (χ4v) is 2.45. The molecule has 0 aliphatic carbocycles. The van der Waals surface area contributed by atoms with Gasteiger partial charge in [0.1, 0.15) is 0 Å². The molecule has 0 heterocycles. The Hall–Kier alpha value is -0.360. The van der Waals surface area contributed by atoms with E-state index in [2.05, 4.69) is 23.1 Å². The first kappa shape index (κ1) is 17.6. The Kier molecular flexibility index (Phi) is 7.78. The van der Waals surface area contributed by atoms with Gasteiger partial charge in [0, 0.05) is 17.9 Å². The molecule has 106 valence electrons. The Morgan fingerprint density at radius 3 is 1.94 bits per heavy atom. The van der Waals surface area contributed by atoms with Crippen LogP contribution in [-0.4, -0.2) is 16.0 Å². The third-order valence-corrected chi connectivity index (χ3v) is 3.60. The smallest absolute Gasteiger partial charge is 0.162 e. The van der Waals surface area contributed by atoms with Crippen LogP contribution < -0.4 is 0 Å². The summed E-state index contributed by atoms with van der Waals surface area (Å²) < 4.78 is 0. The van der Waals surface area contributed by atoms with E-state index in [1.165, 1.54) is 6.08 Å². The van der Waals surface area contributed by atoms with Gasteiger partial charge in [0.2, 0.25) is 0 Å². The molecule has 0 aliphatic rings. The van der Waals surface area contributed by atoms with Crippen molar-refractivity contribution in [2.24, 2.45) is 11.8 Å². The second-order valence-corrected chi connectivity index (χ2v) is 7.35. The molecule has 0 fully saturated rings. The van der Waals surface area contributed by atoms with E-state index < -0.39 is 0 Å². The molecule has 0 aromatic rings. The molecule has 0 aliphatic heterocycles. The van der Waals surface area contributed by atoms with Crippen molar-refractivity contribution in [1.29, 1.82) is 0 Å². The minimum absolute atomic E-state index is 0.0497. The number of rotatable bonds is 8. The highest BCUT2D eigenvalue weighted by molar-refractivity contribution is 7.18. The zero-order valence-electron chi connectivity index (χ0n) is 12.5. The van der Waals surface area contributed by atoms with Crippen molar-refractivity contribution in [2.45, 2.75) is 65.5 Å². The molecule has 0 saturated carbocycles.